The van der Waals surface area contributed by atoms with Crippen molar-refractivity contribution >= 4 is 23.2 Å². The van der Waals surface area contributed by atoms with Crippen LogP contribution >= 0.6 is 0 Å². The van der Waals surface area contributed by atoms with E-state index >= 15 is 0 Å². The van der Waals surface area contributed by atoms with E-state index in [-0.39, 0.29) is 17.3 Å². The topological polar surface area (TPSA) is 97.4 Å². The number of ether oxygens (including phenoxy) is 2. The fourth-order valence-electron chi connectivity index (χ4n) is 3.55. The van der Waals surface area contributed by atoms with Gasteiger partial charge < -0.3 is 25.4 Å². The summed E-state index contributed by atoms with van der Waals surface area (Å²) in [6, 6.07) is 11.4. The number of anilines is 3. The van der Waals surface area contributed by atoms with Gasteiger partial charge in [0.05, 0.1) is 5.56 Å². The van der Waals surface area contributed by atoms with E-state index in [1.54, 1.807) is 30.3 Å². The molecule has 184 valence electrons. The van der Waals surface area contributed by atoms with E-state index in [0.29, 0.717) is 36.3 Å². The molecule has 1 aliphatic heterocycles. The maximum atomic E-state index is 13.1. The van der Waals surface area contributed by atoms with E-state index in [0.717, 1.165) is 18.9 Å². The van der Waals surface area contributed by atoms with Crippen LogP contribution in [0.15, 0.2) is 54.9 Å². The number of hydrogen-bond acceptors (Lipinski definition) is 6. The zero-order valence-corrected chi connectivity index (χ0v) is 18.9. The van der Waals surface area contributed by atoms with E-state index in [4.69, 9.17) is 9.47 Å². The van der Waals surface area contributed by atoms with Crippen molar-refractivity contribution in [2.24, 2.45) is 0 Å². The van der Waals surface area contributed by atoms with Crippen molar-refractivity contribution in [2.45, 2.75) is 32.0 Å². The minimum absolute atomic E-state index is 0.0364. The molecule has 1 aromatic heterocycles. The SMILES string of the molecule is Cc1ccc(NC(=O)Nc2ccc(Oc3cc(NC4CCOCC4)ncn3)cc2)cc1C(F)(F)F. The van der Waals surface area contributed by atoms with Crippen LogP contribution in [-0.4, -0.2) is 35.3 Å². The highest BCUT2D eigenvalue weighted by molar-refractivity contribution is 5.99. The second-order valence-corrected chi connectivity index (χ2v) is 8.01. The summed E-state index contributed by atoms with van der Waals surface area (Å²) in [4.78, 5) is 20.6. The quantitative estimate of drug-likeness (QED) is 0.405. The third-order valence-corrected chi connectivity index (χ3v) is 5.35. The van der Waals surface area contributed by atoms with Crippen molar-refractivity contribution in [3.63, 3.8) is 0 Å². The van der Waals surface area contributed by atoms with Gasteiger partial charge in [-0.3, -0.25) is 0 Å². The predicted molar refractivity (Wildman–Crippen MR) is 125 cm³/mol. The molecule has 0 atom stereocenters. The van der Waals surface area contributed by atoms with Crippen molar-refractivity contribution in [3.8, 4) is 11.6 Å². The largest absolute Gasteiger partial charge is 0.439 e. The first-order valence-corrected chi connectivity index (χ1v) is 11.0. The summed E-state index contributed by atoms with van der Waals surface area (Å²) in [6.07, 6.45) is -1.29. The summed E-state index contributed by atoms with van der Waals surface area (Å²) in [5.74, 6) is 1.49. The van der Waals surface area contributed by atoms with Crippen molar-refractivity contribution < 1.29 is 27.4 Å². The average molecular weight is 487 g/mol. The molecule has 3 aromatic rings. The number of carbonyl (C=O) groups is 1. The lowest BCUT2D eigenvalue weighted by Crippen LogP contribution is -2.28. The van der Waals surface area contributed by atoms with Gasteiger partial charge in [-0.2, -0.15) is 13.2 Å². The molecule has 11 heteroatoms. The lowest BCUT2D eigenvalue weighted by Gasteiger charge is -2.23. The van der Waals surface area contributed by atoms with Crippen molar-refractivity contribution in [2.75, 3.05) is 29.2 Å². The zero-order valence-electron chi connectivity index (χ0n) is 18.9. The number of aromatic nitrogens is 2. The highest BCUT2D eigenvalue weighted by atomic mass is 19.4. The number of amides is 2. The first kappa shape index (κ1) is 24.3. The van der Waals surface area contributed by atoms with Crippen LogP contribution in [0.4, 0.5) is 35.2 Å². The second kappa shape index (κ2) is 10.6. The second-order valence-electron chi connectivity index (χ2n) is 8.01. The summed E-state index contributed by atoms with van der Waals surface area (Å²) in [5, 5.41) is 8.33. The maximum Gasteiger partial charge on any atom is 0.416 e. The Labute approximate surface area is 199 Å². The highest BCUT2D eigenvalue weighted by Gasteiger charge is 2.32. The molecule has 1 fully saturated rings. The smallest absolute Gasteiger partial charge is 0.416 e. The normalized spacial score (nSPS) is 14.3. The standard InChI is InChI=1S/C24H24F3N5O3/c1-15-2-3-18(12-20(15)24(25,26)27)32-23(33)31-16-4-6-19(7-5-16)35-22-13-21(28-14-29-22)30-17-8-10-34-11-9-17/h2-7,12-14,17H,8-11H2,1H3,(H,28,29,30)(H2,31,32,33). The lowest BCUT2D eigenvalue weighted by atomic mass is 10.1. The minimum Gasteiger partial charge on any atom is -0.439 e. The molecule has 35 heavy (non-hydrogen) atoms. The number of nitrogens with zero attached hydrogens (tertiary/aromatic N) is 2. The molecule has 0 spiro atoms. The first-order valence-electron chi connectivity index (χ1n) is 11.0. The van der Waals surface area contributed by atoms with Crippen molar-refractivity contribution in [3.05, 3.63) is 66.0 Å². The van der Waals surface area contributed by atoms with Gasteiger partial charge in [-0.15, -0.1) is 0 Å². The van der Waals surface area contributed by atoms with Crippen LogP contribution in [0.2, 0.25) is 0 Å². The van der Waals surface area contributed by atoms with Gasteiger partial charge in [-0.25, -0.2) is 14.8 Å². The number of aryl methyl sites for hydroxylation is 1. The van der Waals surface area contributed by atoms with Crippen LogP contribution in [-0.2, 0) is 10.9 Å². The van der Waals surface area contributed by atoms with Gasteiger partial charge in [0, 0.05) is 36.7 Å². The number of hydrogen-bond donors (Lipinski definition) is 3. The van der Waals surface area contributed by atoms with Gasteiger partial charge in [-0.1, -0.05) is 6.07 Å². The van der Waals surface area contributed by atoms with Gasteiger partial charge in [-0.05, 0) is 61.7 Å². The average Bonchev–Trinajstić information content (AvgIpc) is 2.82. The van der Waals surface area contributed by atoms with Gasteiger partial charge in [0.15, 0.2) is 0 Å². The van der Waals surface area contributed by atoms with Crippen LogP contribution in [0.25, 0.3) is 0 Å². The number of carbonyl (C=O) groups excluding carboxylic acids is 1. The van der Waals surface area contributed by atoms with E-state index in [9.17, 15) is 18.0 Å². The van der Waals surface area contributed by atoms with Gasteiger partial charge in [0.1, 0.15) is 17.9 Å². The molecule has 3 N–H and O–H groups in total. The Balaban J connectivity index is 1.33. The summed E-state index contributed by atoms with van der Waals surface area (Å²) in [7, 11) is 0. The fourth-order valence-corrected chi connectivity index (χ4v) is 3.55. The van der Waals surface area contributed by atoms with E-state index in [2.05, 4.69) is 25.9 Å². The monoisotopic (exact) mass is 487 g/mol. The fraction of sp³-hybridized carbons (Fsp3) is 0.292. The van der Waals surface area contributed by atoms with Crippen LogP contribution in [0.3, 0.4) is 0 Å². The molecule has 1 aliphatic rings. The number of urea groups is 1. The van der Waals surface area contributed by atoms with Crippen LogP contribution in [0.5, 0.6) is 11.6 Å². The molecule has 2 amide bonds. The lowest BCUT2D eigenvalue weighted by molar-refractivity contribution is -0.138. The van der Waals surface area contributed by atoms with E-state index in [1.165, 1.54) is 25.4 Å². The van der Waals surface area contributed by atoms with Crippen LogP contribution in [0.1, 0.15) is 24.0 Å². The van der Waals surface area contributed by atoms with Gasteiger partial charge >= 0.3 is 12.2 Å². The molecular formula is C24H24F3N5O3. The molecule has 4 rings (SSSR count). The maximum absolute atomic E-state index is 13.1. The Morgan fingerprint density at radius 2 is 1.69 bits per heavy atom. The molecule has 0 radical (unpaired) electrons. The van der Waals surface area contributed by atoms with Gasteiger partial charge in [0.2, 0.25) is 5.88 Å². The summed E-state index contributed by atoms with van der Waals surface area (Å²) < 4.78 is 50.4. The molecule has 2 aromatic carbocycles. The molecule has 2 heterocycles. The summed E-state index contributed by atoms with van der Waals surface area (Å²) >= 11 is 0. The number of alkyl halides is 3. The minimum atomic E-state index is -4.50. The zero-order chi connectivity index (χ0) is 24.8. The Hall–Kier alpha value is -3.86. The van der Waals surface area contributed by atoms with E-state index in [1.807, 2.05) is 0 Å². The van der Waals surface area contributed by atoms with Crippen molar-refractivity contribution in [1.82, 2.24) is 9.97 Å². The number of benzene rings is 2. The molecule has 0 saturated carbocycles. The predicted octanol–water partition coefficient (Wildman–Crippen LogP) is 5.83. The molecule has 0 aliphatic carbocycles. The molecule has 8 nitrogen and oxygen atoms in total. The number of rotatable bonds is 6. The Kier molecular flexibility index (Phi) is 7.35. The molecule has 0 bridgehead atoms. The third kappa shape index (κ3) is 6.82. The van der Waals surface area contributed by atoms with Crippen LogP contribution in [0, 0.1) is 6.92 Å². The Morgan fingerprint density at radius 3 is 2.40 bits per heavy atom. The van der Waals surface area contributed by atoms with Crippen LogP contribution < -0.4 is 20.7 Å². The third-order valence-electron chi connectivity index (χ3n) is 5.35. The molecule has 1 saturated heterocycles. The summed E-state index contributed by atoms with van der Waals surface area (Å²) in [5.41, 5.74) is -0.251. The highest BCUT2D eigenvalue weighted by Crippen LogP contribution is 2.33. The van der Waals surface area contributed by atoms with E-state index < -0.39 is 17.8 Å². The Morgan fingerprint density at radius 1 is 1.00 bits per heavy atom. The first-order chi connectivity index (χ1) is 16.8. The number of nitrogens with one attached hydrogen (secondary N) is 3. The molecular weight excluding hydrogens is 463 g/mol. The molecule has 0 unspecified atom stereocenters. The van der Waals surface area contributed by atoms with Gasteiger partial charge in [0.25, 0.3) is 0 Å². The summed E-state index contributed by atoms with van der Waals surface area (Å²) in [6.45, 7) is 2.79. The van der Waals surface area contributed by atoms with Crippen molar-refractivity contribution in [1.29, 1.82) is 0 Å². The number of halogens is 3. The Bertz CT molecular complexity index is 1170.